The molecule has 4 nitrogen and oxygen atoms in total. The van der Waals surface area contributed by atoms with Gasteiger partial charge in [-0.1, -0.05) is 0 Å². The lowest BCUT2D eigenvalue weighted by molar-refractivity contribution is -0.114. The molecular formula is C18H23NO3. The van der Waals surface area contributed by atoms with E-state index in [4.69, 9.17) is 9.47 Å². The number of benzene rings is 1. The standard InChI is InChI=1S/C18H23NO3/c1-12-15(8-9-16(12)20)19-13-7-10-17(21-2)18(11-13)22-14-5-3-4-6-14/h7,10-11,14,19H,3-6,8-9H2,1-2H3. The molecular weight excluding hydrogens is 278 g/mol. The molecule has 0 amide bonds. The number of anilines is 1. The van der Waals surface area contributed by atoms with Crippen molar-refractivity contribution in [3.63, 3.8) is 0 Å². The molecule has 3 rings (SSSR count). The van der Waals surface area contributed by atoms with Crippen molar-refractivity contribution in [2.45, 2.75) is 51.6 Å². The largest absolute Gasteiger partial charge is 0.493 e. The van der Waals surface area contributed by atoms with E-state index in [2.05, 4.69) is 5.32 Å². The topological polar surface area (TPSA) is 47.6 Å². The van der Waals surface area contributed by atoms with Crippen LogP contribution in [0.3, 0.4) is 0 Å². The molecule has 0 unspecified atom stereocenters. The second kappa shape index (κ2) is 6.42. The smallest absolute Gasteiger partial charge is 0.163 e. The third-order valence-electron chi connectivity index (χ3n) is 4.53. The molecule has 1 aromatic rings. The normalized spacial score (nSPS) is 18.9. The Kier molecular flexibility index (Phi) is 4.36. The highest BCUT2D eigenvalue weighted by Crippen LogP contribution is 2.35. The van der Waals surface area contributed by atoms with Gasteiger partial charge in [-0.25, -0.2) is 0 Å². The first-order chi connectivity index (χ1) is 10.7. The highest BCUT2D eigenvalue weighted by molar-refractivity contribution is 5.98. The van der Waals surface area contributed by atoms with Crippen LogP contribution in [0.4, 0.5) is 5.69 Å². The van der Waals surface area contributed by atoms with Crippen molar-refractivity contribution in [1.82, 2.24) is 0 Å². The van der Waals surface area contributed by atoms with E-state index in [-0.39, 0.29) is 11.9 Å². The van der Waals surface area contributed by atoms with Gasteiger partial charge in [0.25, 0.3) is 0 Å². The molecule has 1 N–H and O–H groups in total. The molecule has 4 heteroatoms. The van der Waals surface area contributed by atoms with Gasteiger partial charge < -0.3 is 14.8 Å². The van der Waals surface area contributed by atoms with Crippen LogP contribution in [-0.4, -0.2) is 19.0 Å². The number of rotatable bonds is 5. The lowest BCUT2D eigenvalue weighted by atomic mass is 10.2. The highest BCUT2D eigenvalue weighted by Gasteiger charge is 2.21. The monoisotopic (exact) mass is 301 g/mol. The number of nitrogens with one attached hydrogen (secondary N) is 1. The van der Waals surface area contributed by atoms with Gasteiger partial charge in [-0.05, 0) is 51.2 Å². The Balaban J connectivity index is 1.79. The average molecular weight is 301 g/mol. The fourth-order valence-corrected chi connectivity index (χ4v) is 3.14. The number of carbonyl (C=O) groups excluding carboxylic acids is 1. The van der Waals surface area contributed by atoms with Gasteiger partial charge in [-0.15, -0.1) is 0 Å². The predicted molar refractivity (Wildman–Crippen MR) is 86.4 cm³/mol. The molecule has 0 spiro atoms. The van der Waals surface area contributed by atoms with Gasteiger partial charge in [-0.2, -0.15) is 0 Å². The van der Waals surface area contributed by atoms with Crippen LogP contribution in [0.1, 0.15) is 45.4 Å². The predicted octanol–water partition coefficient (Wildman–Crippen LogP) is 4.07. The van der Waals surface area contributed by atoms with Gasteiger partial charge in [0.1, 0.15) is 0 Å². The third kappa shape index (κ3) is 3.11. The number of ether oxygens (including phenoxy) is 2. The Morgan fingerprint density at radius 3 is 2.55 bits per heavy atom. The maximum Gasteiger partial charge on any atom is 0.163 e. The summed E-state index contributed by atoms with van der Waals surface area (Å²) >= 11 is 0. The number of hydrogen-bond acceptors (Lipinski definition) is 4. The Labute approximate surface area is 131 Å². The van der Waals surface area contributed by atoms with Crippen molar-refractivity contribution >= 4 is 11.5 Å². The van der Waals surface area contributed by atoms with Crippen molar-refractivity contribution in [3.8, 4) is 11.5 Å². The van der Waals surface area contributed by atoms with Crippen LogP contribution >= 0.6 is 0 Å². The maximum atomic E-state index is 11.6. The highest BCUT2D eigenvalue weighted by atomic mass is 16.5. The van der Waals surface area contributed by atoms with E-state index < -0.39 is 0 Å². The maximum absolute atomic E-state index is 11.6. The molecule has 0 heterocycles. The van der Waals surface area contributed by atoms with Crippen LogP contribution in [0, 0.1) is 0 Å². The minimum absolute atomic E-state index is 0.235. The molecule has 0 radical (unpaired) electrons. The number of hydrogen-bond donors (Lipinski definition) is 1. The fraction of sp³-hybridized carbons (Fsp3) is 0.500. The third-order valence-corrected chi connectivity index (χ3v) is 4.53. The number of ketones is 1. The van der Waals surface area contributed by atoms with Crippen LogP contribution in [0.5, 0.6) is 11.5 Å². The summed E-state index contributed by atoms with van der Waals surface area (Å²) in [4.78, 5) is 11.6. The van der Waals surface area contributed by atoms with Crippen LogP contribution in [0.2, 0.25) is 0 Å². The summed E-state index contributed by atoms with van der Waals surface area (Å²) in [6.07, 6.45) is 6.38. The van der Waals surface area contributed by atoms with Crippen LogP contribution < -0.4 is 14.8 Å². The van der Waals surface area contributed by atoms with E-state index in [9.17, 15) is 4.79 Å². The summed E-state index contributed by atoms with van der Waals surface area (Å²) in [6, 6.07) is 5.85. The van der Waals surface area contributed by atoms with Gasteiger partial charge >= 0.3 is 0 Å². The van der Waals surface area contributed by atoms with Gasteiger partial charge in [0.05, 0.1) is 13.2 Å². The molecule has 2 aliphatic carbocycles. The zero-order valence-electron chi connectivity index (χ0n) is 13.3. The van der Waals surface area contributed by atoms with E-state index in [1.54, 1.807) is 7.11 Å². The van der Waals surface area contributed by atoms with Gasteiger partial charge in [-0.3, -0.25) is 4.79 Å². The summed E-state index contributed by atoms with van der Waals surface area (Å²) in [6.45, 7) is 1.89. The van der Waals surface area contributed by atoms with E-state index in [0.717, 1.165) is 47.7 Å². The first kappa shape index (κ1) is 14.9. The van der Waals surface area contributed by atoms with Gasteiger partial charge in [0.2, 0.25) is 0 Å². The second-order valence-corrected chi connectivity index (χ2v) is 6.04. The molecule has 22 heavy (non-hydrogen) atoms. The molecule has 1 fully saturated rings. The number of Topliss-reactive ketones (excluding diaryl/α,β-unsaturated/α-hetero) is 1. The molecule has 118 valence electrons. The summed E-state index contributed by atoms with van der Waals surface area (Å²) in [5.74, 6) is 1.77. The molecule has 2 aliphatic rings. The minimum Gasteiger partial charge on any atom is -0.493 e. The van der Waals surface area contributed by atoms with E-state index in [1.807, 2.05) is 25.1 Å². The van der Waals surface area contributed by atoms with Crippen molar-refractivity contribution in [3.05, 3.63) is 29.5 Å². The molecule has 0 atom stereocenters. The molecule has 0 aromatic heterocycles. The Bertz CT molecular complexity index is 600. The Morgan fingerprint density at radius 1 is 1.14 bits per heavy atom. The lowest BCUT2D eigenvalue weighted by Gasteiger charge is -2.17. The van der Waals surface area contributed by atoms with Gasteiger partial charge in [0, 0.05) is 29.4 Å². The Morgan fingerprint density at radius 2 is 1.91 bits per heavy atom. The quantitative estimate of drug-likeness (QED) is 0.890. The number of methoxy groups -OCH3 is 1. The number of carbonyl (C=O) groups is 1. The van der Waals surface area contributed by atoms with E-state index >= 15 is 0 Å². The lowest BCUT2D eigenvalue weighted by Crippen LogP contribution is -2.12. The van der Waals surface area contributed by atoms with Crippen molar-refractivity contribution < 1.29 is 14.3 Å². The zero-order chi connectivity index (χ0) is 15.5. The second-order valence-electron chi connectivity index (χ2n) is 6.04. The summed E-state index contributed by atoms with van der Waals surface area (Å²) < 4.78 is 11.5. The zero-order valence-corrected chi connectivity index (χ0v) is 13.3. The van der Waals surface area contributed by atoms with Crippen molar-refractivity contribution in [2.24, 2.45) is 0 Å². The minimum atomic E-state index is 0.235. The van der Waals surface area contributed by atoms with Crippen LogP contribution in [0.15, 0.2) is 29.5 Å². The first-order valence-corrected chi connectivity index (χ1v) is 8.02. The first-order valence-electron chi connectivity index (χ1n) is 8.02. The molecule has 0 saturated heterocycles. The van der Waals surface area contributed by atoms with Crippen molar-refractivity contribution in [1.29, 1.82) is 0 Å². The Hall–Kier alpha value is -1.97. The summed E-state index contributed by atoms with van der Waals surface area (Å²) in [5, 5.41) is 3.36. The summed E-state index contributed by atoms with van der Waals surface area (Å²) in [5.41, 5.74) is 2.80. The SMILES string of the molecule is COc1ccc(NC2=C(C)C(=O)CC2)cc1OC1CCCC1. The average Bonchev–Trinajstić information content (AvgIpc) is 3.13. The fourth-order valence-electron chi connectivity index (χ4n) is 3.14. The van der Waals surface area contributed by atoms with Gasteiger partial charge in [0.15, 0.2) is 17.3 Å². The van der Waals surface area contributed by atoms with Crippen LogP contribution in [0.25, 0.3) is 0 Å². The molecule has 0 aliphatic heterocycles. The molecule has 1 aromatic carbocycles. The summed E-state index contributed by atoms with van der Waals surface area (Å²) in [7, 11) is 1.66. The van der Waals surface area contributed by atoms with E-state index in [0.29, 0.717) is 6.42 Å². The number of allylic oxidation sites excluding steroid dienone is 2. The molecule has 1 saturated carbocycles. The molecule has 0 bridgehead atoms. The van der Waals surface area contributed by atoms with E-state index in [1.165, 1.54) is 12.8 Å². The van der Waals surface area contributed by atoms with Crippen LogP contribution in [-0.2, 0) is 4.79 Å². The van der Waals surface area contributed by atoms with Crippen molar-refractivity contribution in [2.75, 3.05) is 12.4 Å².